The van der Waals surface area contributed by atoms with Gasteiger partial charge in [0.25, 0.3) is 11.8 Å². The maximum atomic E-state index is 12.7. The smallest absolute Gasteiger partial charge is 0.298 e. The Hall–Kier alpha value is -3.31. The van der Waals surface area contributed by atoms with Crippen molar-refractivity contribution in [3.05, 3.63) is 35.4 Å². The summed E-state index contributed by atoms with van der Waals surface area (Å²) in [5.41, 5.74) is 9.40. The van der Waals surface area contributed by atoms with Crippen molar-refractivity contribution in [2.24, 2.45) is 5.41 Å². The molecule has 1 aromatic carbocycles. The summed E-state index contributed by atoms with van der Waals surface area (Å²) in [7, 11) is 3.25. The van der Waals surface area contributed by atoms with Crippen molar-refractivity contribution >= 4 is 17.6 Å². The molecule has 2 fully saturated rings. The van der Waals surface area contributed by atoms with Crippen molar-refractivity contribution in [3.8, 4) is 23.1 Å². The fourth-order valence-corrected chi connectivity index (χ4v) is 5.22. The van der Waals surface area contributed by atoms with Gasteiger partial charge in [0.05, 0.1) is 12.6 Å². The number of hydrogen-bond donors (Lipinski definition) is 2. The molecule has 8 nitrogen and oxygen atoms in total. The molecule has 1 aliphatic carbocycles. The van der Waals surface area contributed by atoms with E-state index in [0.717, 1.165) is 43.4 Å². The second-order valence-corrected chi connectivity index (χ2v) is 9.03. The SMILES string of the molecule is CC#CC(=O)N1CCCC2(CC(n3nc(-c4ccc(COC)cc4)c(C(=O)NC)c3N)C2)C1. The van der Waals surface area contributed by atoms with Crippen LogP contribution in [0.3, 0.4) is 0 Å². The van der Waals surface area contributed by atoms with Crippen molar-refractivity contribution in [2.75, 3.05) is 33.0 Å². The van der Waals surface area contributed by atoms with Gasteiger partial charge in [0, 0.05) is 32.8 Å². The van der Waals surface area contributed by atoms with E-state index in [4.69, 9.17) is 15.6 Å². The molecule has 0 atom stereocenters. The fraction of sp³-hybridized carbons (Fsp3) is 0.480. The molecule has 2 aromatic rings. The summed E-state index contributed by atoms with van der Waals surface area (Å²) in [6.45, 7) is 3.68. The molecule has 0 radical (unpaired) electrons. The minimum atomic E-state index is -0.253. The average Bonchev–Trinajstić information content (AvgIpc) is 3.14. The minimum Gasteiger partial charge on any atom is -0.383 e. The van der Waals surface area contributed by atoms with Crippen LogP contribution in [0.15, 0.2) is 24.3 Å². The van der Waals surface area contributed by atoms with E-state index in [1.165, 1.54) is 0 Å². The van der Waals surface area contributed by atoms with E-state index in [0.29, 0.717) is 30.2 Å². The van der Waals surface area contributed by atoms with Crippen LogP contribution in [0.25, 0.3) is 11.3 Å². The molecule has 2 heterocycles. The number of likely N-dealkylation sites (tertiary alicyclic amines) is 1. The summed E-state index contributed by atoms with van der Waals surface area (Å²) in [5, 5.41) is 7.49. The Labute approximate surface area is 194 Å². The Balaban J connectivity index is 1.58. The topological polar surface area (TPSA) is 102 Å². The maximum Gasteiger partial charge on any atom is 0.298 e. The first-order chi connectivity index (χ1) is 15.9. The molecule has 1 aliphatic heterocycles. The molecule has 1 aromatic heterocycles. The number of carbonyl (C=O) groups is 2. The van der Waals surface area contributed by atoms with Crippen LogP contribution in [0.1, 0.15) is 54.6 Å². The van der Waals surface area contributed by atoms with Gasteiger partial charge in [-0.2, -0.15) is 5.10 Å². The van der Waals surface area contributed by atoms with Gasteiger partial charge in [-0.1, -0.05) is 30.2 Å². The lowest BCUT2D eigenvalue weighted by atomic mass is 9.61. The molecule has 1 spiro atoms. The molecule has 174 valence electrons. The number of carbonyl (C=O) groups excluding carboxylic acids is 2. The lowest BCUT2D eigenvalue weighted by Gasteiger charge is -2.52. The zero-order chi connectivity index (χ0) is 23.6. The first-order valence-corrected chi connectivity index (χ1v) is 11.3. The second-order valence-electron chi connectivity index (χ2n) is 9.03. The predicted octanol–water partition coefficient (Wildman–Crippen LogP) is 2.61. The van der Waals surface area contributed by atoms with Gasteiger partial charge in [-0.05, 0) is 49.5 Å². The quantitative estimate of drug-likeness (QED) is 0.683. The standard InChI is InChI=1S/C25H31N5O3/c1-4-6-20(31)29-12-5-11-25(16-29)13-19(14-25)30-23(26)21(24(32)27-2)22(28-30)18-9-7-17(8-10-18)15-33-3/h7-10,19H,5,11-16,26H2,1-3H3,(H,27,32). The second kappa shape index (κ2) is 9.28. The summed E-state index contributed by atoms with van der Waals surface area (Å²) in [4.78, 5) is 26.8. The molecule has 1 saturated carbocycles. The normalized spacial score (nSPS) is 21.8. The van der Waals surface area contributed by atoms with Gasteiger partial charge < -0.3 is 20.7 Å². The molecule has 4 rings (SSSR count). The number of hydrogen-bond acceptors (Lipinski definition) is 5. The number of nitrogens with zero attached hydrogens (tertiary/aromatic N) is 3. The number of aromatic nitrogens is 2. The Morgan fingerprint density at radius 2 is 2.03 bits per heavy atom. The van der Waals surface area contributed by atoms with Crippen LogP contribution >= 0.6 is 0 Å². The minimum absolute atomic E-state index is 0.0710. The predicted molar refractivity (Wildman–Crippen MR) is 126 cm³/mol. The highest BCUT2D eigenvalue weighted by molar-refractivity contribution is 6.04. The van der Waals surface area contributed by atoms with Crippen LogP contribution in [-0.2, 0) is 16.1 Å². The van der Waals surface area contributed by atoms with Gasteiger partial charge in [0.2, 0.25) is 0 Å². The number of nitrogens with one attached hydrogen (secondary N) is 1. The lowest BCUT2D eigenvalue weighted by molar-refractivity contribution is -0.131. The van der Waals surface area contributed by atoms with Gasteiger partial charge in [-0.3, -0.25) is 9.59 Å². The summed E-state index contributed by atoms with van der Waals surface area (Å²) < 4.78 is 6.99. The lowest BCUT2D eigenvalue weighted by Crippen LogP contribution is -2.52. The molecule has 2 aliphatic rings. The Bertz CT molecular complexity index is 1100. The zero-order valence-corrected chi connectivity index (χ0v) is 19.5. The summed E-state index contributed by atoms with van der Waals surface area (Å²) >= 11 is 0. The van der Waals surface area contributed by atoms with Gasteiger partial charge in [-0.15, -0.1) is 0 Å². The molecule has 8 heteroatoms. The van der Waals surface area contributed by atoms with Gasteiger partial charge in [-0.25, -0.2) is 4.68 Å². The zero-order valence-electron chi connectivity index (χ0n) is 19.5. The fourth-order valence-electron chi connectivity index (χ4n) is 5.22. The third-order valence-corrected chi connectivity index (χ3v) is 6.80. The number of benzene rings is 1. The summed E-state index contributed by atoms with van der Waals surface area (Å²) in [6.07, 6.45) is 3.80. The van der Waals surface area contributed by atoms with Gasteiger partial charge >= 0.3 is 0 Å². The first kappa shape index (κ1) is 22.9. The Morgan fingerprint density at radius 1 is 1.30 bits per heavy atom. The molecular weight excluding hydrogens is 418 g/mol. The maximum absolute atomic E-state index is 12.7. The number of nitrogens with two attached hydrogens (primary N) is 1. The monoisotopic (exact) mass is 449 g/mol. The third kappa shape index (κ3) is 4.33. The number of rotatable bonds is 5. The highest BCUT2D eigenvalue weighted by Crippen LogP contribution is 2.54. The van der Waals surface area contributed by atoms with Crippen molar-refractivity contribution in [2.45, 2.75) is 45.3 Å². The van der Waals surface area contributed by atoms with Crippen molar-refractivity contribution < 1.29 is 14.3 Å². The van der Waals surface area contributed by atoms with E-state index in [1.807, 2.05) is 29.2 Å². The third-order valence-electron chi connectivity index (χ3n) is 6.80. The largest absolute Gasteiger partial charge is 0.383 e. The summed E-state index contributed by atoms with van der Waals surface area (Å²) in [6, 6.07) is 7.91. The highest BCUT2D eigenvalue weighted by atomic mass is 16.5. The van der Waals surface area contributed by atoms with Crippen LogP contribution < -0.4 is 11.1 Å². The van der Waals surface area contributed by atoms with Crippen LogP contribution in [0.4, 0.5) is 5.82 Å². The molecule has 0 unspecified atom stereocenters. The number of piperidine rings is 1. The molecule has 2 amide bonds. The van der Waals surface area contributed by atoms with E-state index in [2.05, 4.69) is 17.2 Å². The number of nitrogen functional groups attached to an aromatic ring is 1. The average molecular weight is 450 g/mol. The van der Waals surface area contributed by atoms with Gasteiger partial charge in [0.1, 0.15) is 17.1 Å². The van der Waals surface area contributed by atoms with E-state index in [-0.39, 0.29) is 23.3 Å². The molecular formula is C25H31N5O3. The van der Waals surface area contributed by atoms with E-state index in [9.17, 15) is 9.59 Å². The van der Waals surface area contributed by atoms with Crippen LogP contribution in [-0.4, -0.2) is 53.7 Å². The number of ether oxygens (including phenoxy) is 1. The molecule has 1 saturated heterocycles. The van der Waals surface area contributed by atoms with Crippen LogP contribution in [0.2, 0.25) is 0 Å². The Morgan fingerprint density at radius 3 is 2.67 bits per heavy atom. The van der Waals surface area contributed by atoms with Gasteiger partial charge in [0.15, 0.2) is 0 Å². The molecule has 3 N–H and O–H groups in total. The van der Waals surface area contributed by atoms with Crippen LogP contribution in [0, 0.1) is 17.3 Å². The van der Waals surface area contributed by atoms with E-state index < -0.39 is 0 Å². The van der Waals surface area contributed by atoms with E-state index >= 15 is 0 Å². The number of methoxy groups -OCH3 is 1. The van der Waals surface area contributed by atoms with Crippen molar-refractivity contribution in [1.82, 2.24) is 20.0 Å². The first-order valence-electron chi connectivity index (χ1n) is 11.3. The van der Waals surface area contributed by atoms with Crippen LogP contribution in [0.5, 0.6) is 0 Å². The van der Waals surface area contributed by atoms with Crippen molar-refractivity contribution in [1.29, 1.82) is 0 Å². The number of amides is 2. The van der Waals surface area contributed by atoms with Crippen molar-refractivity contribution in [3.63, 3.8) is 0 Å². The van der Waals surface area contributed by atoms with E-state index in [1.54, 1.807) is 25.8 Å². The highest BCUT2D eigenvalue weighted by Gasteiger charge is 2.49. The Kier molecular flexibility index (Phi) is 6.43. The summed E-state index contributed by atoms with van der Waals surface area (Å²) in [5.74, 6) is 5.39. The number of anilines is 1. The molecule has 0 bridgehead atoms. The molecule has 33 heavy (non-hydrogen) atoms.